The number of hydrogen-bond donors (Lipinski definition) is 2. The first-order valence-corrected chi connectivity index (χ1v) is 12.0. The summed E-state index contributed by atoms with van der Waals surface area (Å²) in [7, 11) is 1.33. The van der Waals surface area contributed by atoms with Crippen LogP contribution in [0.3, 0.4) is 0 Å². The molecule has 36 heavy (non-hydrogen) atoms. The third-order valence-corrected chi connectivity index (χ3v) is 7.15. The molecule has 0 spiro atoms. The monoisotopic (exact) mass is 516 g/mol. The fraction of sp³-hybridized carbons (Fsp3) is 0.269. The number of hydrogen-bond acceptors (Lipinski definition) is 5. The van der Waals surface area contributed by atoms with Gasteiger partial charge in [0.05, 0.1) is 23.6 Å². The molecule has 0 aliphatic heterocycles. The van der Waals surface area contributed by atoms with Gasteiger partial charge in [0, 0.05) is 22.0 Å². The fourth-order valence-corrected chi connectivity index (χ4v) is 5.23. The van der Waals surface area contributed by atoms with Crippen molar-refractivity contribution in [1.29, 1.82) is 0 Å². The second-order valence-corrected chi connectivity index (χ2v) is 9.51. The molecule has 6 nitrogen and oxygen atoms in total. The van der Waals surface area contributed by atoms with E-state index in [9.17, 15) is 27.6 Å². The SMILES string of the molecule is COC(=O)[C@@H]1CCC[C@H]1C(=O)c1ccc(-c2ccc(NC(=O)Nc3cccc(C(F)(F)F)c3)s2)cc1. The number of Topliss-reactive ketones (excluding diaryl/α,β-unsaturated/α-hetero) is 1. The van der Waals surface area contributed by atoms with Crippen LogP contribution in [0.5, 0.6) is 0 Å². The van der Waals surface area contributed by atoms with Gasteiger partial charge in [-0.25, -0.2) is 4.79 Å². The minimum atomic E-state index is -4.50. The number of nitrogens with one attached hydrogen (secondary N) is 2. The molecule has 1 aliphatic carbocycles. The van der Waals surface area contributed by atoms with E-state index >= 15 is 0 Å². The van der Waals surface area contributed by atoms with Crippen molar-refractivity contribution in [2.75, 3.05) is 17.7 Å². The van der Waals surface area contributed by atoms with Gasteiger partial charge in [0.1, 0.15) is 0 Å². The summed E-state index contributed by atoms with van der Waals surface area (Å²) in [5, 5.41) is 5.52. The lowest BCUT2D eigenvalue weighted by Crippen LogP contribution is -2.26. The molecule has 2 atom stereocenters. The summed E-state index contributed by atoms with van der Waals surface area (Å²) < 4.78 is 43.4. The number of amides is 2. The number of urea groups is 1. The Bertz CT molecular complexity index is 1270. The molecular formula is C26H23F3N2O4S. The van der Waals surface area contributed by atoms with Crippen molar-refractivity contribution in [2.45, 2.75) is 25.4 Å². The predicted octanol–water partition coefficient (Wildman–Crippen LogP) is 6.85. The van der Waals surface area contributed by atoms with Crippen molar-refractivity contribution in [1.82, 2.24) is 0 Å². The number of benzene rings is 2. The maximum atomic E-state index is 13.0. The summed E-state index contributed by atoms with van der Waals surface area (Å²) in [6, 6.07) is 14.2. The number of anilines is 2. The van der Waals surface area contributed by atoms with Gasteiger partial charge in [-0.2, -0.15) is 13.2 Å². The molecule has 1 fully saturated rings. The second kappa shape index (κ2) is 10.5. The molecular weight excluding hydrogens is 493 g/mol. The first kappa shape index (κ1) is 25.4. The number of alkyl halides is 3. The van der Waals surface area contributed by atoms with E-state index in [4.69, 9.17) is 4.74 Å². The van der Waals surface area contributed by atoms with Crippen LogP contribution in [0.2, 0.25) is 0 Å². The van der Waals surface area contributed by atoms with Crippen LogP contribution < -0.4 is 10.6 Å². The number of esters is 1. The van der Waals surface area contributed by atoms with Crippen LogP contribution >= 0.6 is 11.3 Å². The third kappa shape index (κ3) is 5.76. The van der Waals surface area contributed by atoms with E-state index in [2.05, 4.69) is 10.6 Å². The normalized spacial score (nSPS) is 17.4. The molecule has 2 aromatic carbocycles. The summed E-state index contributed by atoms with van der Waals surface area (Å²) >= 11 is 1.28. The zero-order valence-corrected chi connectivity index (χ0v) is 20.0. The fourth-order valence-electron chi connectivity index (χ4n) is 4.33. The summed E-state index contributed by atoms with van der Waals surface area (Å²) in [5.41, 5.74) is 0.527. The molecule has 3 aromatic rings. The molecule has 2 N–H and O–H groups in total. The minimum absolute atomic E-state index is 0.0241. The van der Waals surface area contributed by atoms with Crippen LogP contribution in [0, 0.1) is 11.8 Å². The largest absolute Gasteiger partial charge is 0.469 e. The van der Waals surface area contributed by atoms with Crippen LogP contribution in [0.15, 0.2) is 60.7 Å². The Labute approximate surface area is 209 Å². The number of thiophene rings is 1. The molecule has 0 saturated heterocycles. The average molecular weight is 517 g/mol. The van der Waals surface area contributed by atoms with Gasteiger partial charge in [-0.05, 0) is 48.7 Å². The van der Waals surface area contributed by atoms with Crippen LogP contribution in [0.1, 0.15) is 35.2 Å². The number of carbonyl (C=O) groups excluding carboxylic acids is 3. The molecule has 1 aromatic heterocycles. The molecule has 0 unspecified atom stereocenters. The van der Waals surface area contributed by atoms with Crippen LogP contribution in [0.25, 0.3) is 10.4 Å². The van der Waals surface area contributed by atoms with Crippen molar-refractivity contribution in [3.8, 4) is 10.4 Å². The van der Waals surface area contributed by atoms with E-state index in [-0.39, 0.29) is 23.4 Å². The maximum absolute atomic E-state index is 13.0. The van der Waals surface area contributed by atoms with Gasteiger partial charge in [0.15, 0.2) is 5.78 Å². The highest BCUT2D eigenvalue weighted by atomic mass is 32.1. The molecule has 1 aliphatic rings. The van der Waals surface area contributed by atoms with Gasteiger partial charge < -0.3 is 10.1 Å². The maximum Gasteiger partial charge on any atom is 0.416 e. The highest BCUT2D eigenvalue weighted by molar-refractivity contribution is 7.19. The summed E-state index contributed by atoms with van der Waals surface area (Å²) in [6.07, 6.45) is -2.39. The molecule has 1 saturated carbocycles. The molecule has 1 heterocycles. The lowest BCUT2D eigenvalue weighted by atomic mass is 9.88. The highest BCUT2D eigenvalue weighted by Gasteiger charge is 2.38. The lowest BCUT2D eigenvalue weighted by Gasteiger charge is -2.16. The Kier molecular flexibility index (Phi) is 7.44. The summed E-state index contributed by atoms with van der Waals surface area (Å²) in [4.78, 5) is 38.0. The zero-order valence-electron chi connectivity index (χ0n) is 19.2. The Balaban J connectivity index is 1.39. The predicted molar refractivity (Wildman–Crippen MR) is 131 cm³/mol. The Morgan fingerprint density at radius 2 is 1.67 bits per heavy atom. The number of halogens is 3. The van der Waals surface area contributed by atoms with Crippen LogP contribution in [0.4, 0.5) is 28.7 Å². The van der Waals surface area contributed by atoms with Crippen molar-refractivity contribution >= 4 is 39.8 Å². The topological polar surface area (TPSA) is 84.5 Å². The minimum Gasteiger partial charge on any atom is -0.469 e. The van der Waals surface area contributed by atoms with Gasteiger partial charge in [-0.3, -0.25) is 14.9 Å². The quantitative estimate of drug-likeness (QED) is 0.277. The number of carbonyl (C=O) groups is 3. The molecule has 0 bridgehead atoms. The second-order valence-electron chi connectivity index (χ2n) is 8.43. The smallest absolute Gasteiger partial charge is 0.416 e. The molecule has 10 heteroatoms. The number of methoxy groups -OCH3 is 1. The molecule has 188 valence electrons. The van der Waals surface area contributed by atoms with Crippen molar-refractivity contribution in [2.24, 2.45) is 11.8 Å². The molecule has 0 radical (unpaired) electrons. The molecule has 4 rings (SSSR count). The van der Waals surface area contributed by atoms with Gasteiger partial charge in [-0.1, -0.05) is 36.8 Å². The Morgan fingerprint density at radius 1 is 0.944 bits per heavy atom. The van der Waals surface area contributed by atoms with E-state index in [0.29, 0.717) is 23.4 Å². The van der Waals surface area contributed by atoms with E-state index in [0.717, 1.165) is 29.0 Å². The van der Waals surface area contributed by atoms with Gasteiger partial charge in [0.25, 0.3) is 0 Å². The van der Waals surface area contributed by atoms with Gasteiger partial charge >= 0.3 is 18.2 Å². The van der Waals surface area contributed by atoms with Crippen molar-refractivity contribution < 1.29 is 32.3 Å². The zero-order chi connectivity index (χ0) is 25.9. The third-order valence-electron chi connectivity index (χ3n) is 6.10. The first-order valence-electron chi connectivity index (χ1n) is 11.2. The first-order chi connectivity index (χ1) is 17.2. The van der Waals surface area contributed by atoms with Crippen LogP contribution in [-0.2, 0) is 15.7 Å². The number of rotatable bonds is 6. The van der Waals surface area contributed by atoms with E-state index in [1.165, 1.54) is 30.6 Å². The Hall–Kier alpha value is -3.66. The standard InChI is InChI=1S/C26H23F3N2O4S/c1-35-24(33)20-7-3-6-19(20)23(32)16-10-8-15(9-11-16)21-12-13-22(36-21)31-25(34)30-18-5-2-4-17(14-18)26(27,28)29/h2,4-5,8-14,19-20H,3,6-7H2,1H3,(H2,30,31,34)/t19-,20-/m1/s1. The van der Waals surface area contributed by atoms with E-state index in [1.807, 2.05) is 0 Å². The van der Waals surface area contributed by atoms with E-state index < -0.39 is 23.7 Å². The Morgan fingerprint density at radius 3 is 2.36 bits per heavy atom. The van der Waals surface area contributed by atoms with Crippen molar-refractivity contribution in [3.63, 3.8) is 0 Å². The summed E-state index contributed by atoms with van der Waals surface area (Å²) in [5.74, 6) is -1.21. The van der Waals surface area contributed by atoms with Crippen molar-refractivity contribution in [3.05, 3.63) is 71.8 Å². The van der Waals surface area contributed by atoms with Gasteiger partial charge in [0.2, 0.25) is 0 Å². The van der Waals surface area contributed by atoms with Crippen LogP contribution in [-0.4, -0.2) is 24.9 Å². The number of ketones is 1. The van der Waals surface area contributed by atoms with Gasteiger partial charge in [-0.15, -0.1) is 11.3 Å². The lowest BCUT2D eigenvalue weighted by molar-refractivity contribution is -0.146. The summed E-state index contributed by atoms with van der Waals surface area (Å²) in [6.45, 7) is 0. The number of ether oxygens (including phenoxy) is 1. The molecule has 2 amide bonds. The van der Waals surface area contributed by atoms with E-state index in [1.54, 1.807) is 36.4 Å². The average Bonchev–Trinajstić information content (AvgIpc) is 3.53. The highest BCUT2D eigenvalue weighted by Crippen LogP contribution is 2.36.